The minimum atomic E-state index is 0.543. The number of hydrogen-bond donors (Lipinski definition) is 1. The highest BCUT2D eigenvalue weighted by molar-refractivity contribution is 5.77. The molecule has 0 spiro atoms. The van der Waals surface area contributed by atoms with E-state index in [0.29, 0.717) is 5.92 Å². The second kappa shape index (κ2) is 4.62. The van der Waals surface area contributed by atoms with Gasteiger partial charge in [0, 0.05) is 11.3 Å². The summed E-state index contributed by atoms with van der Waals surface area (Å²) in [7, 11) is 0. The zero-order valence-electron chi connectivity index (χ0n) is 10.7. The monoisotopic (exact) mass is 225 g/mol. The lowest BCUT2D eigenvalue weighted by Gasteiger charge is -2.11. The fourth-order valence-corrected chi connectivity index (χ4v) is 1.99. The maximum atomic E-state index is 6.05. The fraction of sp³-hybridized carbons (Fsp3) is 0.250. The van der Waals surface area contributed by atoms with E-state index >= 15 is 0 Å². The summed E-state index contributed by atoms with van der Waals surface area (Å²) in [4.78, 5) is 0. The van der Waals surface area contributed by atoms with Gasteiger partial charge < -0.3 is 5.73 Å². The summed E-state index contributed by atoms with van der Waals surface area (Å²) in [5.41, 5.74) is 11.8. The summed E-state index contributed by atoms with van der Waals surface area (Å²) in [6, 6.07) is 14.8. The average molecular weight is 225 g/mol. The maximum Gasteiger partial charge on any atom is 0.0393 e. The van der Waals surface area contributed by atoms with Gasteiger partial charge in [-0.2, -0.15) is 0 Å². The van der Waals surface area contributed by atoms with Crippen molar-refractivity contribution >= 4 is 5.69 Å². The lowest BCUT2D eigenvalue weighted by atomic mass is 9.96. The summed E-state index contributed by atoms with van der Waals surface area (Å²) in [6.07, 6.45) is 0. The second-order valence-electron chi connectivity index (χ2n) is 4.87. The van der Waals surface area contributed by atoms with Crippen LogP contribution in [0.3, 0.4) is 0 Å². The van der Waals surface area contributed by atoms with Crippen molar-refractivity contribution in [3.63, 3.8) is 0 Å². The SMILES string of the molecule is Cc1ccc(N)c(-c2cccc(C(C)C)c2)c1. The van der Waals surface area contributed by atoms with Gasteiger partial charge in [0.1, 0.15) is 0 Å². The van der Waals surface area contributed by atoms with E-state index in [4.69, 9.17) is 5.73 Å². The molecule has 0 saturated carbocycles. The van der Waals surface area contributed by atoms with Crippen LogP contribution in [-0.2, 0) is 0 Å². The van der Waals surface area contributed by atoms with Crippen LogP contribution in [-0.4, -0.2) is 0 Å². The Balaban J connectivity index is 2.52. The van der Waals surface area contributed by atoms with E-state index in [1.807, 2.05) is 12.1 Å². The van der Waals surface area contributed by atoms with E-state index in [-0.39, 0.29) is 0 Å². The summed E-state index contributed by atoms with van der Waals surface area (Å²) in [6.45, 7) is 6.51. The molecular formula is C16H19N. The predicted octanol–water partition coefficient (Wildman–Crippen LogP) is 4.37. The van der Waals surface area contributed by atoms with Crippen LogP contribution in [0.4, 0.5) is 5.69 Å². The first-order valence-corrected chi connectivity index (χ1v) is 6.04. The molecule has 1 nitrogen and oxygen atoms in total. The molecule has 0 amide bonds. The van der Waals surface area contributed by atoms with E-state index in [9.17, 15) is 0 Å². The molecule has 1 heteroatoms. The van der Waals surface area contributed by atoms with E-state index in [2.05, 4.69) is 51.1 Å². The van der Waals surface area contributed by atoms with Gasteiger partial charge in [-0.15, -0.1) is 0 Å². The zero-order valence-corrected chi connectivity index (χ0v) is 10.7. The number of anilines is 1. The number of rotatable bonds is 2. The van der Waals surface area contributed by atoms with Crippen LogP contribution >= 0.6 is 0 Å². The lowest BCUT2D eigenvalue weighted by molar-refractivity contribution is 0.867. The van der Waals surface area contributed by atoms with Crippen molar-refractivity contribution in [3.05, 3.63) is 53.6 Å². The minimum absolute atomic E-state index is 0.543. The van der Waals surface area contributed by atoms with Crippen molar-refractivity contribution in [2.24, 2.45) is 0 Å². The molecule has 2 N–H and O–H groups in total. The Kier molecular flexibility index (Phi) is 3.19. The molecular weight excluding hydrogens is 206 g/mol. The molecule has 0 aliphatic rings. The predicted molar refractivity (Wildman–Crippen MR) is 75.1 cm³/mol. The highest BCUT2D eigenvalue weighted by Crippen LogP contribution is 2.29. The molecule has 0 fully saturated rings. The Morgan fingerprint density at radius 2 is 1.76 bits per heavy atom. The number of nitrogens with two attached hydrogens (primary N) is 1. The van der Waals surface area contributed by atoms with Crippen molar-refractivity contribution in [2.75, 3.05) is 5.73 Å². The second-order valence-corrected chi connectivity index (χ2v) is 4.87. The van der Waals surface area contributed by atoms with Crippen molar-refractivity contribution in [1.29, 1.82) is 0 Å². The normalized spacial score (nSPS) is 10.8. The topological polar surface area (TPSA) is 26.0 Å². The van der Waals surface area contributed by atoms with Crippen LogP contribution < -0.4 is 5.73 Å². The largest absolute Gasteiger partial charge is 0.398 e. The van der Waals surface area contributed by atoms with Crippen LogP contribution in [0.2, 0.25) is 0 Å². The van der Waals surface area contributed by atoms with E-state index in [1.54, 1.807) is 0 Å². The Hall–Kier alpha value is -1.76. The van der Waals surface area contributed by atoms with Gasteiger partial charge in [-0.3, -0.25) is 0 Å². The molecule has 0 radical (unpaired) electrons. The van der Waals surface area contributed by atoms with Crippen molar-refractivity contribution in [3.8, 4) is 11.1 Å². The highest BCUT2D eigenvalue weighted by atomic mass is 14.6. The number of hydrogen-bond acceptors (Lipinski definition) is 1. The van der Waals surface area contributed by atoms with Crippen LogP contribution in [0, 0.1) is 6.92 Å². The molecule has 2 rings (SSSR count). The van der Waals surface area contributed by atoms with Crippen LogP contribution in [0.15, 0.2) is 42.5 Å². The number of aryl methyl sites for hydroxylation is 1. The first-order chi connectivity index (χ1) is 8.08. The van der Waals surface area contributed by atoms with E-state index in [1.165, 1.54) is 16.7 Å². The first-order valence-electron chi connectivity index (χ1n) is 6.04. The molecule has 0 aliphatic heterocycles. The summed E-state index contributed by atoms with van der Waals surface area (Å²) in [5.74, 6) is 0.543. The number of benzene rings is 2. The number of nitrogen functional groups attached to an aromatic ring is 1. The third-order valence-corrected chi connectivity index (χ3v) is 3.07. The van der Waals surface area contributed by atoms with Gasteiger partial charge in [-0.1, -0.05) is 49.7 Å². The molecule has 0 unspecified atom stereocenters. The van der Waals surface area contributed by atoms with Crippen molar-refractivity contribution in [2.45, 2.75) is 26.7 Å². The van der Waals surface area contributed by atoms with Crippen LogP contribution in [0.5, 0.6) is 0 Å². The molecule has 17 heavy (non-hydrogen) atoms. The Labute approximate surface area is 103 Å². The lowest BCUT2D eigenvalue weighted by Crippen LogP contribution is -1.92. The smallest absolute Gasteiger partial charge is 0.0393 e. The molecule has 2 aromatic rings. The molecule has 0 heterocycles. The molecule has 0 aliphatic carbocycles. The van der Waals surface area contributed by atoms with Gasteiger partial charge in [-0.25, -0.2) is 0 Å². The Morgan fingerprint density at radius 3 is 2.47 bits per heavy atom. The maximum absolute atomic E-state index is 6.05. The highest BCUT2D eigenvalue weighted by Gasteiger charge is 2.05. The van der Waals surface area contributed by atoms with Gasteiger partial charge in [0.25, 0.3) is 0 Å². The summed E-state index contributed by atoms with van der Waals surface area (Å²) < 4.78 is 0. The molecule has 0 atom stereocenters. The zero-order chi connectivity index (χ0) is 12.4. The quantitative estimate of drug-likeness (QED) is 0.755. The van der Waals surface area contributed by atoms with Crippen molar-refractivity contribution < 1.29 is 0 Å². The average Bonchev–Trinajstić information content (AvgIpc) is 2.32. The summed E-state index contributed by atoms with van der Waals surface area (Å²) >= 11 is 0. The van der Waals surface area contributed by atoms with E-state index < -0.39 is 0 Å². The summed E-state index contributed by atoms with van der Waals surface area (Å²) in [5, 5.41) is 0. The molecule has 0 aromatic heterocycles. The van der Waals surface area contributed by atoms with E-state index in [0.717, 1.165) is 11.3 Å². The van der Waals surface area contributed by atoms with Gasteiger partial charge in [0.05, 0.1) is 0 Å². The van der Waals surface area contributed by atoms with Crippen LogP contribution in [0.1, 0.15) is 30.9 Å². The van der Waals surface area contributed by atoms with Crippen LogP contribution in [0.25, 0.3) is 11.1 Å². The standard InChI is InChI=1S/C16H19N/c1-11(2)13-5-4-6-14(10-13)15-9-12(3)7-8-16(15)17/h4-11H,17H2,1-3H3. The van der Waals surface area contributed by atoms with Gasteiger partial charge in [0.15, 0.2) is 0 Å². The van der Waals surface area contributed by atoms with Gasteiger partial charge in [-0.05, 0) is 36.1 Å². The third kappa shape index (κ3) is 2.50. The molecule has 0 bridgehead atoms. The molecule has 2 aromatic carbocycles. The molecule has 0 saturated heterocycles. The Morgan fingerprint density at radius 1 is 1.00 bits per heavy atom. The Bertz CT molecular complexity index is 527. The van der Waals surface area contributed by atoms with Gasteiger partial charge in [0.2, 0.25) is 0 Å². The third-order valence-electron chi connectivity index (χ3n) is 3.07. The molecule has 88 valence electrons. The minimum Gasteiger partial charge on any atom is -0.398 e. The fourth-order valence-electron chi connectivity index (χ4n) is 1.99. The van der Waals surface area contributed by atoms with Gasteiger partial charge >= 0.3 is 0 Å². The first kappa shape index (κ1) is 11.7. The van der Waals surface area contributed by atoms with Crippen molar-refractivity contribution in [1.82, 2.24) is 0 Å².